The smallest absolute Gasteiger partial charge is 0.255 e. The molecule has 3 aliphatic heterocycles. The summed E-state index contributed by atoms with van der Waals surface area (Å²) in [5.74, 6) is -1.37. The van der Waals surface area contributed by atoms with Crippen molar-refractivity contribution in [3.8, 4) is 0 Å². The Morgan fingerprint density at radius 2 is 1.91 bits per heavy atom. The van der Waals surface area contributed by atoms with Crippen molar-refractivity contribution in [2.45, 2.75) is 57.7 Å². The summed E-state index contributed by atoms with van der Waals surface area (Å²) in [6.45, 7) is 4.80. The van der Waals surface area contributed by atoms with Gasteiger partial charge in [0, 0.05) is 30.8 Å². The van der Waals surface area contributed by atoms with E-state index in [1.54, 1.807) is 6.07 Å². The number of aromatic nitrogens is 1. The largest absolute Gasteiger partial charge is 0.322 e. The topological polar surface area (TPSA) is 82.6 Å². The van der Waals surface area contributed by atoms with Gasteiger partial charge in [-0.25, -0.2) is 4.39 Å². The molecule has 3 amide bonds. The lowest BCUT2D eigenvalue weighted by molar-refractivity contribution is -0.136. The summed E-state index contributed by atoms with van der Waals surface area (Å²) < 4.78 is 14.5. The van der Waals surface area contributed by atoms with Crippen LogP contribution in [0.2, 0.25) is 0 Å². The van der Waals surface area contributed by atoms with Gasteiger partial charge in [0.15, 0.2) is 0 Å². The van der Waals surface area contributed by atoms with Crippen LogP contribution in [0.15, 0.2) is 30.3 Å². The fourth-order valence-electron chi connectivity index (χ4n) is 5.34. The SMILES string of the molecule is Cc1cccc(CN2CCC(c3cc(F)cc4c3CN(C3CCC(=O)NC3=O)C4=O)CC2)n1. The number of carbonyl (C=O) groups is 3. The van der Waals surface area contributed by atoms with Gasteiger partial charge in [0.2, 0.25) is 11.8 Å². The Labute approximate surface area is 192 Å². The first kappa shape index (κ1) is 21.7. The Balaban J connectivity index is 1.31. The summed E-state index contributed by atoms with van der Waals surface area (Å²) in [5, 5.41) is 2.31. The molecule has 1 N–H and O–H groups in total. The molecule has 33 heavy (non-hydrogen) atoms. The molecule has 2 aromatic rings. The third-order valence-corrected chi connectivity index (χ3v) is 7.01. The minimum Gasteiger partial charge on any atom is -0.322 e. The van der Waals surface area contributed by atoms with E-state index < -0.39 is 17.8 Å². The molecule has 1 aromatic carbocycles. The lowest BCUT2D eigenvalue weighted by Gasteiger charge is -2.33. The van der Waals surface area contributed by atoms with Gasteiger partial charge >= 0.3 is 0 Å². The monoisotopic (exact) mass is 450 g/mol. The summed E-state index contributed by atoms with van der Waals surface area (Å²) in [4.78, 5) is 45.4. The summed E-state index contributed by atoms with van der Waals surface area (Å²) >= 11 is 0. The Morgan fingerprint density at radius 1 is 1.12 bits per heavy atom. The van der Waals surface area contributed by atoms with Crippen LogP contribution in [0, 0.1) is 12.7 Å². The second-order valence-electron chi connectivity index (χ2n) is 9.24. The fourth-order valence-corrected chi connectivity index (χ4v) is 5.34. The zero-order valence-electron chi connectivity index (χ0n) is 18.6. The molecule has 1 atom stereocenters. The number of halogens is 1. The van der Waals surface area contributed by atoms with Gasteiger partial charge in [0.05, 0.1) is 5.69 Å². The molecule has 7 nitrogen and oxygen atoms in total. The lowest BCUT2D eigenvalue weighted by atomic mass is 9.85. The molecule has 1 aromatic heterocycles. The van der Waals surface area contributed by atoms with Gasteiger partial charge in [-0.15, -0.1) is 0 Å². The number of hydrogen-bond acceptors (Lipinski definition) is 5. The van der Waals surface area contributed by atoms with E-state index in [4.69, 9.17) is 0 Å². The number of nitrogens with zero attached hydrogens (tertiary/aromatic N) is 3. The van der Waals surface area contributed by atoms with Crippen LogP contribution in [0.5, 0.6) is 0 Å². The molecule has 172 valence electrons. The quantitative estimate of drug-likeness (QED) is 0.725. The van der Waals surface area contributed by atoms with Gasteiger partial charge in [0.1, 0.15) is 11.9 Å². The molecule has 0 saturated carbocycles. The number of hydrogen-bond donors (Lipinski definition) is 1. The van der Waals surface area contributed by atoms with E-state index in [-0.39, 0.29) is 30.7 Å². The van der Waals surface area contributed by atoms with Crippen LogP contribution in [-0.2, 0) is 22.7 Å². The van der Waals surface area contributed by atoms with Crippen LogP contribution in [0.3, 0.4) is 0 Å². The van der Waals surface area contributed by atoms with Crippen LogP contribution >= 0.6 is 0 Å². The van der Waals surface area contributed by atoms with Crippen LogP contribution in [-0.4, -0.2) is 51.6 Å². The van der Waals surface area contributed by atoms with Gasteiger partial charge in [-0.2, -0.15) is 0 Å². The van der Waals surface area contributed by atoms with E-state index in [2.05, 4.69) is 15.2 Å². The molecule has 2 saturated heterocycles. The number of benzene rings is 1. The van der Waals surface area contributed by atoms with Crippen molar-refractivity contribution in [3.63, 3.8) is 0 Å². The van der Waals surface area contributed by atoms with Crippen LogP contribution in [0.4, 0.5) is 4.39 Å². The maximum atomic E-state index is 14.5. The average molecular weight is 451 g/mol. The highest BCUT2D eigenvalue weighted by Crippen LogP contribution is 2.37. The summed E-state index contributed by atoms with van der Waals surface area (Å²) in [6, 6.07) is 8.19. The van der Waals surface area contributed by atoms with E-state index in [9.17, 15) is 18.8 Å². The summed E-state index contributed by atoms with van der Waals surface area (Å²) in [6.07, 6.45) is 2.24. The van der Waals surface area contributed by atoms with E-state index in [0.717, 1.165) is 55.0 Å². The van der Waals surface area contributed by atoms with Gasteiger partial charge in [-0.3, -0.25) is 29.6 Å². The number of likely N-dealkylation sites (tertiary alicyclic amines) is 1. The normalized spacial score (nSPS) is 21.9. The molecule has 8 heteroatoms. The first-order valence-corrected chi connectivity index (χ1v) is 11.5. The van der Waals surface area contributed by atoms with Crippen LogP contribution in [0.25, 0.3) is 0 Å². The number of imide groups is 1. The molecule has 0 aliphatic carbocycles. The molecule has 4 heterocycles. The number of rotatable bonds is 4. The second-order valence-corrected chi connectivity index (χ2v) is 9.24. The van der Waals surface area contributed by atoms with Gasteiger partial charge in [-0.05, 0) is 80.6 Å². The molecule has 1 unspecified atom stereocenters. The van der Waals surface area contributed by atoms with E-state index in [1.165, 1.54) is 11.0 Å². The van der Waals surface area contributed by atoms with Crippen molar-refractivity contribution >= 4 is 17.7 Å². The third-order valence-electron chi connectivity index (χ3n) is 7.01. The Bertz CT molecular complexity index is 1130. The second kappa shape index (κ2) is 8.67. The van der Waals surface area contributed by atoms with Crippen molar-refractivity contribution in [1.82, 2.24) is 20.1 Å². The molecular weight excluding hydrogens is 423 g/mol. The van der Waals surface area contributed by atoms with Crippen molar-refractivity contribution in [2.24, 2.45) is 0 Å². The average Bonchev–Trinajstić information content (AvgIpc) is 3.10. The van der Waals surface area contributed by atoms with Crippen molar-refractivity contribution in [2.75, 3.05) is 13.1 Å². The minimum absolute atomic E-state index is 0.158. The number of piperidine rings is 2. The van der Waals surface area contributed by atoms with Gasteiger partial charge in [0.25, 0.3) is 5.91 Å². The van der Waals surface area contributed by atoms with Crippen molar-refractivity contribution in [1.29, 1.82) is 0 Å². The zero-order valence-corrected chi connectivity index (χ0v) is 18.6. The molecule has 2 fully saturated rings. The molecule has 0 radical (unpaired) electrons. The zero-order chi connectivity index (χ0) is 23.1. The standard InChI is InChI=1S/C25H27FN4O3/c1-15-3-2-4-18(27-15)13-29-9-7-16(8-10-29)19-11-17(26)12-20-21(19)14-30(25(20)33)22-5-6-23(31)28-24(22)32/h2-4,11-12,16,22H,5-10,13-14H2,1H3,(H,28,31,32). The van der Waals surface area contributed by atoms with Crippen LogP contribution < -0.4 is 5.32 Å². The number of amides is 3. The number of aryl methyl sites for hydroxylation is 1. The Hall–Kier alpha value is -3.13. The number of nitrogens with one attached hydrogen (secondary N) is 1. The third kappa shape index (κ3) is 4.27. The molecule has 3 aliphatic rings. The first-order chi connectivity index (χ1) is 15.9. The van der Waals surface area contributed by atoms with Crippen molar-refractivity contribution < 1.29 is 18.8 Å². The van der Waals surface area contributed by atoms with Crippen molar-refractivity contribution in [3.05, 3.63) is 64.2 Å². The maximum Gasteiger partial charge on any atom is 0.255 e. The molecular formula is C25H27FN4O3. The Morgan fingerprint density at radius 3 is 2.64 bits per heavy atom. The number of carbonyl (C=O) groups excluding carboxylic acids is 3. The van der Waals surface area contributed by atoms with E-state index >= 15 is 0 Å². The fraction of sp³-hybridized carbons (Fsp3) is 0.440. The molecule has 0 spiro atoms. The van der Waals surface area contributed by atoms with E-state index in [0.29, 0.717) is 12.0 Å². The minimum atomic E-state index is -0.692. The van der Waals surface area contributed by atoms with Crippen LogP contribution in [0.1, 0.15) is 64.5 Å². The first-order valence-electron chi connectivity index (χ1n) is 11.5. The Kier molecular flexibility index (Phi) is 5.70. The highest BCUT2D eigenvalue weighted by molar-refractivity contribution is 6.05. The van der Waals surface area contributed by atoms with Gasteiger partial charge < -0.3 is 4.90 Å². The van der Waals surface area contributed by atoms with E-state index in [1.807, 2.05) is 25.1 Å². The maximum absolute atomic E-state index is 14.5. The van der Waals surface area contributed by atoms with Gasteiger partial charge in [-0.1, -0.05) is 6.07 Å². The highest BCUT2D eigenvalue weighted by atomic mass is 19.1. The summed E-state index contributed by atoms with van der Waals surface area (Å²) in [7, 11) is 0. The number of fused-ring (bicyclic) bond motifs is 1. The number of pyridine rings is 1. The molecule has 0 bridgehead atoms. The molecule has 5 rings (SSSR count). The highest BCUT2D eigenvalue weighted by Gasteiger charge is 2.41. The lowest BCUT2D eigenvalue weighted by Crippen LogP contribution is -2.52. The predicted molar refractivity (Wildman–Crippen MR) is 119 cm³/mol. The summed E-state index contributed by atoms with van der Waals surface area (Å²) in [5.41, 5.74) is 4.10. The predicted octanol–water partition coefficient (Wildman–Crippen LogP) is 2.67.